The van der Waals surface area contributed by atoms with E-state index in [0.717, 1.165) is 25.7 Å². The van der Waals surface area contributed by atoms with Crippen LogP contribution in [0.4, 0.5) is 9.18 Å². The van der Waals surface area contributed by atoms with Crippen molar-refractivity contribution in [2.24, 2.45) is 11.5 Å². The number of benzene rings is 2. The number of nitrogens with two attached hydrogens (primary N) is 2. The standard InChI is InChI=1S/C19H27FN6O4.C8H10/c20-13-6-4-5-12(9-13)10-14(16(21)28)24-15(27)11-23-18(30)26-25-17(29)19(22)7-2-1-3-8-19;1-2-8-6-4-3-5-7-8/h4-6,9,14H,1-3,7-8,10-11,22H2,(H2,21,28)(H,24,27)(H,25,29)(H2,23,26,30);3-7H,2H2,1H3. The van der Waals surface area contributed by atoms with Crippen molar-refractivity contribution in [3.05, 3.63) is 71.5 Å². The summed E-state index contributed by atoms with van der Waals surface area (Å²) in [6.45, 7) is 1.69. The second kappa shape index (κ2) is 15.3. The van der Waals surface area contributed by atoms with Gasteiger partial charge in [0.15, 0.2) is 0 Å². The fourth-order valence-corrected chi connectivity index (χ4v) is 3.93. The van der Waals surface area contributed by atoms with Crippen LogP contribution in [0, 0.1) is 5.82 Å². The molecule has 0 bridgehead atoms. The highest BCUT2D eigenvalue weighted by atomic mass is 19.1. The fourth-order valence-electron chi connectivity index (χ4n) is 3.93. The summed E-state index contributed by atoms with van der Waals surface area (Å²) in [6.07, 6.45) is 4.90. The predicted octanol–water partition coefficient (Wildman–Crippen LogP) is 1.58. The van der Waals surface area contributed by atoms with Crippen molar-refractivity contribution in [3.8, 4) is 0 Å². The van der Waals surface area contributed by atoms with Gasteiger partial charge in [-0.15, -0.1) is 0 Å². The lowest BCUT2D eigenvalue weighted by atomic mass is 9.82. The summed E-state index contributed by atoms with van der Waals surface area (Å²) in [7, 11) is 0. The molecule has 8 N–H and O–H groups in total. The van der Waals surface area contributed by atoms with E-state index in [1.54, 1.807) is 6.07 Å². The molecular formula is C27H37FN6O4. The van der Waals surface area contributed by atoms with Crippen LogP contribution >= 0.6 is 0 Å². The third kappa shape index (κ3) is 10.6. The topological polar surface area (TPSA) is 168 Å². The SMILES string of the molecule is CCc1ccccc1.NC(=O)C(Cc1cccc(F)c1)NC(=O)CNC(=O)NNC(=O)C1(N)CCCCC1. The Hall–Kier alpha value is -3.99. The van der Waals surface area contributed by atoms with Crippen molar-refractivity contribution < 1.29 is 23.6 Å². The molecule has 0 saturated heterocycles. The average Bonchev–Trinajstić information content (AvgIpc) is 2.91. The van der Waals surface area contributed by atoms with E-state index < -0.39 is 47.7 Å². The maximum atomic E-state index is 13.3. The van der Waals surface area contributed by atoms with E-state index in [2.05, 4.69) is 52.7 Å². The summed E-state index contributed by atoms with van der Waals surface area (Å²) >= 11 is 0. The second-order valence-electron chi connectivity index (χ2n) is 9.17. The molecule has 0 spiro atoms. The Balaban J connectivity index is 0.000000538. The van der Waals surface area contributed by atoms with E-state index >= 15 is 0 Å². The summed E-state index contributed by atoms with van der Waals surface area (Å²) in [5.41, 5.74) is 16.6. The van der Waals surface area contributed by atoms with Gasteiger partial charge in [0.1, 0.15) is 11.9 Å². The number of hydrogen-bond acceptors (Lipinski definition) is 5. The number of carbonyl (C=O) groups is 4. The van der Waals surface area contributed by atoms with Crippen molar-refractivity contribution >= 4 is 23.8 Å². The Morgan fingerprint density at radius 1 is 0.947 bits per heavy atom. The molecule has 10 nitrogen and oxygen atoms in total. The molecule has 11 heteroatoms. The number of rotatable bonds is 8. The minimum absolute atomic E-state index is 0.000328. The molecule has 1 aliphatic rings. The lowest BCUT2D eigenvalue weighted by molar-refractivity contribution is -0.128. The van der Waals surface area contributed by atoms with Gasteiger partial charge in [0.05, 0.1) is 12.1 Å². The number of urea groups is 1. The van der Waals surface area contributed by atoms with Crippen molar-refractivity contribution in [2.75, 3.05) is 6.54 Å². The smallest absolute Gasteiger partial charge is 0.333 e. The number of aryl methyl sites for hydroxylation is 1. The van der Waals surface area contributed by atoms with Crippen LogP contribution in [0.1, 0.15) is 50.2 Å². The van der Waals surface area contributed by atoms with Crippen LogP contribution in [0.15, 0.2) is 54.6 Å². The third-order valence-corrected chi connectivity index (χ3v) is 6.16. The predicted molar refractivity (Wildman–Crippen MR) is 142 cm³/mol. The van der Waals surface area contributed by atoms with Crippen LogP contribution in [-0.4, -0.2) is 41.9 Å². The molecule has 206 valence electrons. The Morgan fingerprint density at radius 3 is 2.18 bits per heavy atom. The van der Waals surface area contributed by atoms with Gasteiger partial charge in [0, 0.05) is 6.42 Å². The van der Waals surface area contributed by atoms with Crippen molar-refractivity contribution in [2.45, 2.75) is 63.5 Å². The number of hydrogen-bond donors (Lipinski definition) is 6. The van der Waals surface area contributed by atoms with Crippen LogP contribution in [0.25, 0.3) is 0 Å². The summed E-state index contributed by atoms with van der Waals surface area (Å²) < 4.78 is 13.3. The zero-order valence-electron chi connectivity index (χ0n) is 21.6. The molecule has 1 atom stereocenters. The van der Waals surface area contributed by atoms with E-state index in [4.69, 9.17) is 11.5 Å². The molecule has 1 saturated carbocycles. The van der Waals surface area contributed by atoms with Gasteiger partial charge in [-0.1, -0.05) is 68.7 Å². The van der Waals surface area contributed by atoms with Gasteiger partial charge in [-0.3, -0.25) is 19.8 Å². The molecule has 1 aliphatic carbocycles. The Kier molecular flexibility index (Phi) is 12.2. The van der Waals surface area contributed by atoms with Crippen LogP contribution in [0.2, 0.25) is 0 Å². The van der Waals surface area contributed by atoms with E-state index in [1.807, 2.05) is 6.07 Å². The highest BCUT2D eigenvalue weighted by Gasteiger charge is 2.35. The van der Waals surface area contributed by atoms with E-state index in [0.29, 0.717) is 18.4 Å². The van der Waals surface area contributed by atoms with Crippen LogP contribution in [0.5, 0.6) is 0 Å². The Bertz CT molecular complexity index is 1080. The highest BCUT2D eigenvalue weighted by molar-refractivity contribution is 5.91. The van der Waals surface area contributed by atoms with Crippen LogP contribution < -0.4 is 33.0 Å². The average molecular weight is 529 g/mol. The van der Waals surface area contributed by atoms with Crippen molar-refractivity contribution in [1.29, 1.82) is 0 Å². The molecule has 38 heavy (non-hydrogen) atoms. The quantitative estimate of drug-likeness (QED) is 0.286. The van der Waals surface area contributed by atoms with Gasteiger partial charge < -0.3 is 22.1 Å². The maximum absolute atomic E-state index is 13.3. The molecule has 0 heterocycles. The first kappa shape index (κ1) is 30.2. The molecule has 0 aliphatic heterocycles. The van der Waals surface area contributed by atoms with Crippen LogP contribution in [-0.2, 0) is 27.2 Å². The molecule has 2 aromatic rings. The maximum Gasteiger partial charge on any atom is 0.333 e. The lowest BCUT2D eigenvalue weighted by Crippen LogP contribution is -2.60. The number of carbonyl (C=O) groups excluding carboxylic acids is 4. The summed E-state index contributed by atoms with van der Waals surface area (Å²) in [5.74, 6) is -2.45. The highest BCUT2D eigenvalue weighted by Crippen LogP contribution is 2.25. The first-order valence-corrected chi connectivity index (χ1v) is 12.6. The molecule has 3 rings (SSSR count). The van der Waals surface area contributed by atoms with Gasteiger partial charge in [-0.05, 0) is 42.5 Å². The second-order valence-corrected chi connectivity index (χ2v) is 9.17. The molecular weight excluding hydrogens is 491 g/mol. The van der Waals surface area contributed by atoms with Gasteiger partial charge >= 0.3 is 6.03 Å². The molecule has 5 amide bonds. The molecule has 1 unspecified atom stereocenters. The third-order valence-electron chi connectivity index (χ3n) is 6.16. The monoisotopic (exact) mass is 528 g/mol. The first-order valence-electron chi connectivity index (χ1n) is 12.6. The number of primary amides is 1. The van der Waals surface area contributed by atoms with Gasteiger partial charge in [-0.2, -0.15) is 0 Å². The summed E-state index contributed by atoms with van der Waals surface area (Å²) in [4.78, 5) is 47.5. The number of halogens is 1. The minimum atomic E-state index is -1.08. The lowest BCUT2D eigenvalue weighted by Gasteiger charge is -2.31. The Labute approximate surface area is 222 Å². The largest absolute Gasteiger partial charge is 0.368 e. The number of hydrazine groups is 1. The summed E-state index contributed by atoms with van der Waals surface area (Å²) in [5, 5.41) is 4.62. The fraction of sp³-hybridized carbons (Fsp3) is 0.407. The zero-order chi connectivity index (χ0) is 28.0. The van der Waals surface area contributed by atoms with E-state index in [9.17, 15) is 23.6 Å². The van der Waals surface area contributed by atoms with E-state index in [-0.39, 0.29) is 6.42 Å². The first-order chi connectivity index (χ1) is 18.1. The van der Waals surface area contributed by atoms with Gasteiger partial charge in [-0.25, -0.2) is 14.6 Å². The number of amides is 5. The van der Waals surface area contributed by atoms with Gasteiger partial charge in [0.2, 0.25) is 11.8 Å². The number of nitrogens with one attached hydrogen (secondary N) is 4. The zero-order valence-corrected chi connectivity index (χ0v) is 21.6. The molecule has 1 fully saturated rings. The van der Waals surface area contributed by atoms with Crippen LogP contribution in [0.3, 0.4) is 0 Å². The molecule has 0 aromatic heterocycles. The van der Waals surface area contributed by atoms with Crippen molar-refractivity contribution in [3.63, 3.8) is 0 Å². The van der Waals surface area contributed by atoms with E-state index in [1.165, 1.54) is 23.8 Å². The van der Waals surface area contributed by atoms with Gasteiger partial charge in [0.25, 0.3) is 5.91 Å². The minimum Gasteiger partial charge on any atom is -0.368 e. The summed E-state index contributed by atoms with van der Waals surface area (Å²) in [6, 6.07) is 14.1. The normalized spacial score (nSPS) is 14.6. The molecule has 0 radical (unpaired) electrons. The Morgan fingerprint density at radius 2 is 1.61 bits per heavy atom. The van der Waals surface area contributed by atoms with Crippen molar-refractivity contribution in [1.82, 2.24) is 21.5 Å². The molecule has 2 aromatic carbocycles.